The van der Waals surface area contributed by atoms with Crippen LogP contribution >= 0.6 is 0 Å². The molecule has 3 heterocycles. The van der Waals surface area contributed by atoms with Gasteiger partial charge in [-0.25, -0.2) is 4.42 Å². The molecule has 1 aromatic heterocycles. The Morgan fingerprint density at radius 1 is 0.667 bits per heavy atom. The summed E-state index contributed by atoms with van der Waals surface area (Å²) in [6, 6.07) is 5.84. The molecule has 5 rings (SSSR count). The molecule has 17 heteroatoms. The molecule has 246 valence electrons. The van der Waals surface area contributed by atoms with Crippen LogP contribution in [0.2, 0.25) is 0 Å². The van der Waals surface area contributed by atoms with E-state index in [0.29, 0.717) is 0 Å². The first-order chi connectivity index (χ1) is 21.4. The fraction of sp³-hybridized carbons (Fsp3) is 0.464. The third kappa shape index (κ3) is 6.10. The number of ether oxygens (including phenoxy) is 5. The van der Waals surface area contributed by atoms with E-state index in [0.717, 1.165) is 18.2 Å². The number of rotatable bonds is 8. The Balaban J connectivity index is 1.64. The number of aliphatic hydroxyl groups is 8. The average Bonchev–Trinajstić information content (AvgIpc) is 3.02. The maximum absolute atomic E-state index is 10.6. The minimum absolute atomic E-state index is 0.0167. The van der Waals surface area contributed by atoms with Gasteiger partial charge in [0.05, 0.1) is 32.0 Å². The fourth-order valence-electron chi connectivity index (χ4n) is 5.02. The summed E-state index contributed by atoms with van der Waals surface area (Å²) in [5.41, 5.74) is -0.0688. The highest BCUT2D eigenvalue weighted by molar-refractivity contribution is 5.89. The molecular weight excluding hydrogens is 608 g/mol. The second kappa shape index (κ2) is 12.9. The van der Waals surface area contributed by atoms with Crippen LogP contribution in [0.3, 0.4) is 0 Å². The predicted octanol–water partition coefficient (Wildman–Crippen LogP) is -2.14. The maximum Gasteiger partial charge on any atom is 0.402 e. The summed E-state index contributed by atoms with van der Waals surface area (Å²) in [7, 11) is 1.22. The molecule has 0 aliphatic carbocycles. The van der Waals surface area contributed by atoms with E-state index in [4.69, 9.17) is 28.1 Å². The van der Waals surface area contributed by atoms with Crippen molar-refractivity contribution in [2.24, 2.45) is 0 Å². The molecule has 2 aromatic carbocycles. The number of phenols is 3. The van der Waals surface area contributed by atoms with E-state index in [1.54, 1.807) is 0 Å². The van der Waals surface area contributed by atoms with Gasteiger partial charge in [-0.2, -0.15) is 0 Å². The standard InChI is InChI=1S/C28H32O17/c1-40-15-3-9(2-12(32)19(15)33)26-16(43-28-25(39)23(37)21(35)18(8-30)45-28)6-11-13(41-26)4-10(31)5-14(11)42-27-24(38)22(36)20(34)17(7-29)44-27/h2-6,17-18,20-25,27-30,34-39H,7-8H2,1H3,(H2-,31,32,33)/p+1. The minimum atomic E-state index is -1.85. The lowest BCUT2D eigenvalue weighted by molar-refractivity contribution is -0.277. The summed E-state index contributed by atoms with van der Waals surface area (Å²) in [6.45, 7) is -1.48. The molecule has 10 atom stereocenters. The highest BCUT2D eigenvalue weighted by Gasteiger charge is 2.47. The molecule has 0 amide bonds. The smallest absolute Gasteiger partial charge is 0.402 e. The Labute approximate surface area is 253 Å². The van der Waals surface area contributed by atoms with E-state index < -0.39 is 91.9 Å². The van der Waals surface area contributed by atoms with Gasteiger partial charge in [0.15, 0.2) is 11.5 Å². The molecule has 0 spiro atoms. The molecule has 45 heavy (non-hydrogen) atoms. The van der Waals surface area contributed by atoms with Gasteiger partial charge in [0.25, 0.3) is 0 Å². The molecule has 11 N–H and O–H groups in total. The monoisotopic (exact) mass is 641 g/mol. The second-order valence-electron chi connectivity index (χ2n) is 10.5. The summed E-state index contributed by atoms with van der Waals surface area (Å²) in [5.74, 6) is -2.52. The van der Waals surface area contributed by atoms with Gasteiger partial charge in [-0.3, -0.25) is 0 Å². The SMILES string of the molecule is COc1cc(-c2[o+]c3cc(O)cc(OC4OC(CO)C(O)C(O)C4O)c3cc2OC2OC(CO)C(O)C(O)C2O)cc(O)c1O. The first kappa shape index (κ1) is 32.6. The Morgan fingerprint density at radius 3 is 1.76 bits per heavy atom. The van der Waals surface area contributed by atoms with Crippen LogP contribution in [0.5, 0.6) is 34.5 Å². The van der Waals surface area contributed by atoms with Crippen molar-refractivity contribution >= 4 is 11.0 Å². The number of fused-ring (bicyclic) bond motifs is 1. The summed E-state index contributed by atoms with van der Waals surface area (Å²) in [5, 5.41) is 112. The van der Waals surface area contributed by atoms with Crippen LogP contribution in [0.25, 0.3) is 22.3 Å². The van der Waals surface area contributed by atoms with Crippen molar-refractivity contribution in [1.82, 2.24) is 0 Å². The fourth-order valence-corrected chi connectivity index (χ4v) is 5.02. The van der Waals surface area contributed by atoms with Crippen molar-refractivity contribution in [3.8, 4) is 45.8 Å². The van der Waals surface area contributed by atoms with Gasteiger partial charge in [-0.1, -0.05) is 0 Å². The van der Waals surface area contributed by atoms with E-state index in [1.807, 2.05) is 0 Å². The van der Waals surface area contributed by atoms with Crippen LogP contribution < -0.4 is 14.2 Å². The summed E-state index contributed by atoms with van der Waals surface area (Å²) >= 11 is 0. The first-order valence-corrected chi connectivity index (χ1v) is 13.6. The molecule has 10 unspecified atom stereocenters. The largest absolute Gasteiger partial charge is 0.507 e. The predicted molar refractivity (Wildman–Crippen MR) is 146 cm³/mol. The summed E-state index contributed by atoms with van der Waals surface area (Å²) in [6.07, 6.45) is -16.6. The van der Waals surface area contributed by atoms with E-state index in [1.165, 1.54) is 19.2 Å². The van der Waals surface area contributed by atoms with Crippen molar-refractivity contribution in [3.05, 3.63) is 30.3 Å². The molecule has 3 aromatic rings. The van der Waals surface area contributed by atoms with E-state index in [2.05, 4.69) is 0 Å². The summed E-state index contributed by atoms with van der Waals surface area (Å²) < 4.78 is 33.6. The number of methoxy groups -OCH3 is 1. The zero-order chi connectivity index (χ0) is 32.7. The van der Waals surface area contributed by atoms with Gasteiger partial charge in [0.2, 0.25) is 24.1 Å². The van der Waals surface area contributed by atoms with Gasteiger partial charge >= 0.3 is 11.3 Å². The van der Waals surface area contributed by atoms with Crippen molar-refractivity contribution in [1.29, 1.82) is 0 Å². The normalized spacial score (nSPS) is 31.9. The van der Waals surface area contributed by atoms with Gasteiger partial charge in [0, 0.05) is 24.3 Å². The molecule has 17 nitrogen and oxygen atoms in total. The first-order valence-electron chi connectivity index (χ1n) is 13.6. The maximum atomic E-state index is 10.6. The lowest BCUT2D eigenvalue weighted by Crippen LogP contribution is -2.60. The molecule has 0 bridgehead atoms. The van der Waals surface area contributed by atoms with Gasteiger partial charge in [-0.15, -0.1) is 0 Å². The molecular formula is C28H33O17+. The quantitative estimate of drug-likeness (QED) is 0.0925. The van der Waals surface area contributed by atoms with Crippen LogP contribution in [0.15, 0.2) is 34.7 Å². The number of hydrogen-bond acceptors (Lipinski definition) is 16. The zero-order valence-corrected chi connectivity index (χ0v) is 23.4. The van der Waals surface area contributed by atoms with E-state index >= 15 is 0 Å². The average molecular weight is 642 g/mol. The van der Waals surface area contributed by atoms with E-state index in [-0.39, 0.29) is 39.5 Å². The molecule has 2 fully saturated rings. The molecule has 2 aliphatic rings. The van der Waals surface area contributed by atoms with Crippen LogP contribution in [0.1, 0.15) is 0 Å². The van der Waals surface area contributed by atoms with Crippen molar-refractivity contribution in [2.45, 2.75) is 61.4 Å². The summed E-state index contributed by atoms with van der Waals surface area (Å²) in [4.78, 5) is 0. The zero-order valence-electron chi connectivity index (χ0n) is 23.4. The number of aromatic hydroxyl groups is 3. The van der Waals surface area contributed by atoms with Gasteiger partial charge in [-0.05, 0) is 0 Å². The molecule has 2 saturated heterocycles. The van der Waals surface area contributed by atoms with Crippen LogP contribution in [-0.4, -0.2) is 138 Å². The number of phenolic OH excluding ortho intramolecular Hbond substituents is 3. The van der Waals surface area contributed by atoms with E-state index in [9.17, 15) is 56.2 Å². The lowest BCUT2D eigenvalue weighted by atomic mass is 9.99. The van der Waals surface area contributed by atoms with Gasteiger partial charge in [0.1, 0.15) is 65.7 Å². The van der Waals surface area contributed by atoms with Gasteiger partial charge < -0.3 is 79.9 Å². The topological polar surface area (TPSA) is 280 Å². The number of aliphatic hydroxyl groups excluding tert-OH is 8. The Hall–Kier alpha value is -3.75. The highest BCUT2D eigenvalue weighted by atomic mass is 16.7. The van der Waals surface area contributed by atoms with Crippen molar-refractivity contribution < 1.29 is 84.3 Å². The molecule has 0 saturated carbocycles. The van der Waals surface area contributed by atoms with Crippen molar-refractivity contribution in [2.75, 3.05) is 20.3 Å². The third-order valence-electron chi connectivity index (χ3n) is 7.52. The van der Waals surface area contributed by atoms with Crippen LogP contribution in [-0.2, 0) is 9.47 Å². The third-order valence-corrected chi connectivity index (χ3v) is 7.52. The molecule has 2 aliphatic heterocycles. The van der Waals surface area contributed by atoms with Crippen LogP contribution in [0, 0.1) is 0 Å². The Morgan fingerprint density at radius 2 is 1.22 bits per heavy atom. The highest BCUT2D eigenvalue weighted by Crippen LogP contribution is 2.45. The number of benzene rings is 2. The van der Waals surface area contributed by atoms with Crippen molar-refractivity contribution in [3.63, 3.8) is 0 Å². The Kier molecular flexibility index (Phi) is 9.38. The lowest BCUT2D eigenvalue weighted by Gasteiger charge is -2.39. The van der Waals surface area contributed by atoms with Crippen LogP contribution in [0.4, 0.5) is 0 Å². The Bertz CT molecular complexity index is 1510. The molecule has 0 radical (unpaired) electrons. The second-order valence-corrected chi connectivity index (χ2v) is 10.5. The number of hydrogen-bond donors (Lipinski definition) is 11. The minimum Gasteiger partial charge on any atom is -0.507 e.